The number of carbonyl (C=O) groups is 1. The van der Waals surface area contributed by atoms with Crippen LogP contribution in [0.25, 0.3) is 0 Å². The summed E-state index contributed by atoms with van der Waals surface area (Å²) in [5.74, 6) is 0.659. The summed E-state index contributed by atoms with van der Waals surface area (Å²) >= 11 is 0. The maximum Gasteiger partial charge on any atom is 0.320 e. The molecule has 0 aromatic heterocycles. The van der Waals surface area contributed by atoms with Crippen LogP contribution in [0.15, 0.2) is 0 Å². The first-order valence-electron chi connectivity index (χ1n) is 7.51. The van der Waals surface area contributed by atoms with Gasteiger partial charge in [-0.1, -0.05) is 26.7 Å². The lowest BCUT2D eigenvalue weighted by molar-refractivity contribution is -0.143. The number of hydrogen-bond acceptors (Lipinski definition) is 2. The normalized spacial score (nSPS) is 34.6. The number of likely N-dealkylation sites (tertiary alicyclic amines) is 1. The van der Waals surface area contributed by atoms with E-state index in [1.54, 1.807) is 0 Å². The van der Waals surface area contributed by atoms with E-state index >= 15 is 0 Å². The van der Waals surface area contributed by atoms with E-state index in [4.69, 9.17) is 0 Å². The van der Waals surface area contributed by atoms with Crippen molar-refractivity contribution in [3.05, 3.63) is 0 Å². The topological polar surface area (TPSA) is 40.5 Å². The molecule has 3 heteroatoms. The van der Waals surface area contributed by atoms with Crippen molar-refractivity contribution in [1.29, 1.82) is 0 Å². The second-order valence-electron chi connectivity index (χ2n) is 6.63. The molecule has 2 fully saturated rings. The highest BCUT2D eigenvalue weighted by Gasteiger charge is 2.46. The van der Waals surface area contributed by atoms with Crippen LogP contribution in [-0.2, 0) is 4.79 Å². The van der Waals surface area contributed by atoms with Gasteiger partial charge in [0, 0.05) is 12.1 Å². The Morgan fingerprint density at radius 3 is 2.56 bits per heavy atom. The van der Waals surface area contributed by atoms with Crippen LogP contribution in [0.5, 0.6) is 0 Å². The van der Waals surface area contributed by atoms with Gasteiger partial charge in [0.25, 0.3) is 0 Å². The summed E-state index contributed by atoms with van der Waals surface area (Å²) in [6, 6.07) is 0.708. The second-order valence-corrected chi connectivity index (χ2v) is 6.63. The number of hydrogen-bond donors (Lipinski definition) is 1. The maximum absolute atomic E-state index is 11.5. The summed E-state index contributed by atoms with van der Waals surface area (Å²) in [5, 5.41) is 9.47. The Labute approximate surface area is 111 Å². The Morgan fingerprint density at radius 2 is 1.94 bits per heavy atom. The van der Waals surface area contributed by atoms with Crippen LogP contribution in [0, 0.1) is 11.8 Å². The molecule has 0 aromatic rings. The molecule has 1 heterocycles. The zero-order valence-corrected chi connectivity index (χ0v) is 11.9. The fourth-order valence-electron chi connectivity index (χ4n) is 4.16. The van der Waals surface area contributed by atoms with Gasteiger partial charge in [-0.2, -0.15) is 0 Å². The third-order valence-electron chi connectivity index (χ3n) is 4.74. The van der Waals surface area contributed by atoms with E-state index in [0.717, 1.165) is 12.8 Å². The van der Waals surface area contributed by atoms with Crippen LogP contribution in [0.4, 0.5) is 0 Å². The first kappa shape index (κ1) is 13.9. The molecule has 1 saturated heterocycles. The molecule has 3 nitrogen and oxygen atoms in total. The van der Waals surface area contributed by atoms with E-state index in [0.29, 0.717) is 23.9 Å². The molecule has 18 heavy (non-hydrogen) atoms. The largest absolute Gasteiger partial charge is 0.480 e. The molecule has 1 aliphatic heterocycles. The second kappa shape index (κ2) is 5.60. The highest BCUT2D eigenvalue weighted by Crippen LogP contribution is 2.41. The summed E-state index contributed by atoms with van der Waals surface area (Å²) in [6.45, 7) is 6.66. The fourth-order valence-corrected chi connectivity index (χ4v) is 4.16. The molecule has 0 spiro atoms. The third kappa shape index (κ3) is 2.71. The average Bonchev–Trinajstić information content (AvgIpc) is 2.67. The van der Waals surface area contributed by atoms with Crippen LogP contribution in [-0.4, -0.2) is 34.1 Å². The van der Waals surface area contributed by atoms with Gasteiger partial charge in [-0.25, -0.2) is 0 Å². The lowest BCUT2D eigenvalue weighted by atomic mass is 9.84. The molecule has 104 valence electrons. The molecule has 0 amide bonds. The van der Waals surface area contributed by atoms with Crippen molar-refractivity contribution < 1.29 is 9.90 Å². The Morgan fingerprint density at radius 1 is 1.28 bits per heavy atom. The van der Waals surface area contributed by atoms with Crippen molar-refractivity contribution in [1.82, 2.24) is 4.90 Å². The van der Waals surface area contributed by atoms with E-state index in [2.05, 4.69) is 25.7 Å². The number of nitrogens with zero attached hydrogens (tertiary/aromatic N) is 1. The van der Waals surface area contributed by atoms with Gasteiger partial charge in [0.2, 0.25) is 0 Å². The molecule has 2 aliphatic rings. The number of rotatable bonds is 4. The van der Waals surface area contributed by atoms with Gasteiger partial charge < -0.3 is 5.11 Å². The predicted octanol–water partition coefficient (Wildman–Crippen LogP) is 3.14. The lowest BCUT2D eigenvalue weighted by Crippen LogP contribution is -2.47. The minimum Gasteiger partial charge on any atom is -0.480 e. The van der Waals surface area contributed by atoms with Crippen LogP contribution < -0.4 is 0 Å². The zero-order chi connectivity index (χ0) is 13.3. The quantitative estimate of drug-likeness (QED) is 0.836. The molecular weight excluding hydrogens is 226 g/mol. The minimum absolute atomic E-state index is 0.230. The highest BCUT2D eigenvalue weighted by atomic mass is 16.4. The summed E-state index contributed by atoms with van der Waals surface area (Å²) in [4.78, 5) is 13.8. The molecule has 1 saturated carbocycles. The van der Waals surface area contributed by atoms with Gasteiger partial charge in [0.1, 0.15) is 6.04 Å². The first-order valence-corrected chi connectivity index (χ1v) is 7.51. The van der Waals surface area contributed by atoms with E-state index in [1.807, 2.05) is 0 Å². The minimum atomic E-state index is -0.611. The number of aliphatic carboxylic acids is 1. The van der Waals surface area contributed by atoms with E-state index in [9.17, 15) is 9.90 Å². The molecule has 1 aliphatic carbocycles. The molecule has 0 bridgehead atoms. The Hall–Kier alpha value is -0.570. The molecule has 2 rings (SSSR count). The summed E-state index contributed by atoms with van der Waals surface area (Å²) in [7, 11) is 0. The third-order valence-corrected chi connectivity index (χ3v) is 4.74. The van der Waals surface area contributed by atoms with Gasteiger partial charge in [-0.05, 0) is 44.4 Å². The molecule has 1 N–H and O–H groups in total. The monoisotopic (exact) mass is 253 g/mol. The Balaban J connectivity index is 2.13. The first-order chi connectivity index (χ1) is 8.50. The van der Waals surface area contributed by atoms with E-state index in [-0.39, 0.29) is 6.04 Å². The molecule has 4 atom stereocenters. The summed E-state index contributed by atoms with van der Waals surface area (Å²) in [5.41, 5.74) is 0. The van der Waals surface area contributed by atoms with Gasteiger partial charge in [0.15, 0.2) is 0 Å². The Kier molecular flexibility index (Phi) is 4.31. The van der Waals surface area contributed by atoms with Gasteiger partial charge in [0.05, 0.1) is 0 Å². The van der Waals surface area contributed by atoms with Gasteiger partial charge >= 0.3 is 5.97 Å². The van der Waals surface area contributed by atoms with Crippen LogP contribution >= 0.6 is 0 Å². The van der Waals surface area contributed by atoms with Crippen LogP contribution in [0.2, 0.25) is 0 Å². The highest BCUT2D eigenvalue weighted by molar-refractivity contribution is 5.74. The Bertz CT molecular complexity index is 303. The zero-order valence-electron chi connectivity index (χ0n) is 11.9. The van der Waals surface area contributed by atoms with Crippen LogP contribution in [0.3, 0.4) is 0 Å². The standard InChI is InChI=1S/C15H27NO2/c1-10(2)8-11(3)16-13-7-5-4-6-12(13)9-14(16)15(17)18/h10-14H,4-9H2,1-3H3,(H,17,18). The van der Waals surface area contributed by atoms with Crippen molar-refractivity contribution >= 4 is 5.97 Å². The number of carboxylic acid groups (broad SMARTS) is 1. The predicted molar refractivity (Wildman–Crippen MR) is 72.5 cm³/mol. The molecular formula is C15H27NO2. The number of carboxylic acids is 1. The van der Waals surface area contributed by atoms with E-state index in [1.165, 1.54) is 25.7 Å². The summed E-state index contributed by atoms with van der Waals surface area (Å²) < 4.78 is 0. The number of fused-ring (bicyclic) bond motifs is 1. The van der Waals surface area contributed by atoms with Gasteiger partial charge in [-0.3, -0.25) is 9.69 Å². The molecule has 0 aromatic carbocycles. The molecule has 4 unspecified atom stereocenters. The fraction of sp³-hybridized carbons (Fsp3) is 0.933. The maximum atomic E-state index is 11.5. The lowest BCUT2D eigenvalue weighted by Gasteiger charge is -2.37. The summed E-state index contributed by atoms with van der Waals surface area (Å²) in [6.07, 6.45) is 6.99. The smallest absolute Gasteiger partial charge is 0.320 e. The average molecular weight is 253 g/mol. The van der Waals surface area contributed by atoms with Crippen molar-refractivity contribution in [3.8, 4) is 0 Å². The van der Waals surface area contributed by atoms with Crippen molar-refractivity contribution in [3.63, 3.8) is 0 Å². The molecule has 0 radical (unpaired) electrons. The van der Waals surface area contributed by atoms with Crippen LogP contribution in [0.1, 0.15) is 59.3 Å². The van der Waals surface area contributed by atoms with E-state index < -0.39 is 5.97 Å². The van der Waals surface area contributed by atoms with Gasteiger partial charge in [-0.15, -0.1) is 0 Å². The SMILES string of the molecule is CC(C)CC(C)N1C(C(=O)O)CC2CCCCC21. The van der Waals surface area contributed by atoms with Crippen molar-refractivity contribution in [2.45, 2.75) is 77.4 Å². The van der Waals surface area contributed by atoms with Crippen molar-refractivity contribution in [2.24, 2.45) is 11.8 Å². The van der Waals surface area contributed by atoms with Crippen molar-refractivity contribution in [2.75, 3.05) is 0 Å².